The van der Waals surface area contributed by atoms with E-state index in [2.05, 4.69) is 90.3 Å². The molecule has 8 rings (SSSR count). The fraction of sp³-hybridized carbons (Fsp3) is 0. The average molecular weight is 618 g/mol. The van der Waals surface area contributed by atoms with Gasteiger partial charge in [0.1, 0.15) is 5.84 Å². The molecular weight excluding hydrogens is 587 g/mol. The summed E-state index contributed by atoms with van der Waals surface area (Å²) in [6, 6.07) is 55.2. The summed E-state index contributed by atoms with van der Waals surface area (Å²) in [5.74, 6) is 1.11. The quantitative estimate of drug-likeness (QED) is 0.149. The predicted molar refractivity (Wildman–Crippen MR) is 198 cm³/mol. The number of hydrogen-bond acceptors (Lipinski definition) is 4. The van der Waals surface area contributed by atoms with Gasteiger partial charge in [-0.3, -0.25) is 0 Å². The molecule has 1 aromatic heterocycles. The van der Waals surface area contributed by atoms with E-state index in [-0.39, 0.29) is 0 Å². The summed E-state index contributed by atoms with van der Waals surface area (Å²) in [5.41, 5.74) is 18.7. The largest absolute Gasteiger partial charge is 0.383 e. The van der Waals surface area contributed by atoms with E-state index in [0.717, 1.165) is 73.1 Å². The Morgan fingerprint density at radius 1 is 0.562 bits per heavy atom. The number of fused-ring (bicyclic) bond motifs is 2. The van der Waals surface area contributed by atoms with Crippen molar-refractivity contribution < 1.29 is 0 Å². The van der Waals surface area contributed by atoms with Crippen molar-refractivity contribution in [2.75, 3.05) is 4.90 Å². The van der Waals surface area contributed by atoms with Crippen LogP contribution in [-0.2, 0) is 0 Å². The summed E-state index contributed by atoms with van der Waals surface area (Å²) in [4.78, 5) is 17.4. The van der Waals surface area contributed by atoms with Gasteiger partial charge in [-0.15, -0.1) is 0 Å². The minimum absolute atomic E-state index is 0.453. The molecule has 0 fully saturated rings. The number of aromatic nitrogens is 2. The van der Waals surface area contributed by atoms with Crippen molar-refractivity contribution in [2.24, 2.45) is 10.7 Å². The first-order chi connectivity index (χ1) is 23.6. The molecule has 48 heavy (non-hydrogen) atoms. The highest BCUT2D eigenvalue weighted by Gasteiger charge is 2.29. The molecule has 0 radical (unpaired) electrons. The van der Waals surface area contributed by atoms with Gasteiger partial charge < -0.3 is 10.6 Å². The van der Waals surface area contributed by atoms with E-state index >= 15 is 0 Å². The van der Waals surface area contributed by atoms with Crippen LogP contribution in [0.2, 0.25) is 0 Å². The highest BCUT2D eigenvalue weighted by Crippen LogP contribution is 2.51. The third kappa shape index (κ3) is 5.33. The summed E-state index contributed by atoms with van der Waals surface area (Å²) < 4.78 is 0. The van der Waals surface area contributed by atoms with Crippen molar-refractivity contribution in [1.29, 1.82) is 0 Å². The number of amidine groups is 1. The van der Waals surface area contributed by atoms with Gasteiger partial charge in [0, 0.05) is 39.1 Å². The lowest BCUT2D eigenvalue weighted by Gasteiger charge is -2.35. The molecule has 0 saturated heterocycles. The Labute approximate surface area is 280 Å². The number of para-hydroxylation sites is 1. The molecule has 0 unspecified atom stereocenters. The van der Waals surface area contributed by atoms with Crippen molar-refractivity contribution >= 4 is 34.2 Å². The molecule has 2 N–H and O–H groups in total. The number of nitrogens with zero attached hydrogens (tertiary/aromatic N) is 4. The summed E-state index contributed by atoms with van der Waals surface area (Å²) in [7, 11) is 0. The summed E-state index contributed by atoms with van der Waals surface area (Å²) in [5, 5.41) is 0. The Bertz CT molecular complexity index is 2250. The topological polar surface area (TPSA) is 67.4 Å². The molecular formula is C43H31N5. The maximum Gasteiger partial charge on any atom is 0.160 e. The van der Waals surface area contributed by atoms with Gasteiger partial charge in [-0.1, -0.05) is 134 Å². The lowest BCUT2D eigenvalue weighted by molar-refractivity contribution is 1.18. The van der Waals surface area contributed by atoms with Gasteiger partial charge in [-0.05, 0) is 42.0 Å². The van der Waals surface area contributed by atoms with Gasteiger partial charge in [0.15, 0.2) is 5.82 Å². The van der Waals surface area contributed by atoms with Crippen LogP contribution in [0.25, 0.3) is 39.5 Å². The van der Waals surface area contributed by atoms with Gasteiger partial charge in [0.2, 0.25) is 0 Å². The second-order valence-corrected chi connectivity index (χ2v) is 11.6. The number of hydrogen-bond donors (Lipinski definition) is 1. The van der Waals surface area contributed by atoms with E-state index in [9.17, 15) is 0 Å². The molecule has 0 atom stereocenters. The number of nitrogens with two attached hydrogens (primary N) is 1. The molecule has 5 nitrogen and oxygen atoms in total. The Hall–Kier alpha value is -6.59. The van der Waals surface area contributed by atoms with Gasteiger partial charge in [0.25, 0.3) is 0 Å². The minimum atomic E-state index is 0.453. The molecule has 228 valence electrons. The smallest absolute Gasteiger partial charge is 0.160 e. The number of aliphatic imine (C=N–C) groups is 1. The fourth-order valence-electron chi connectivity index (χ4n) is 6.26. The van der Waals surface area contributed by atoms with Crippen LogP contribution in [0, 0.1) is 0 Å². The van der Waals surface area contributed by atoms with Gasteiger partial charge in [-0.2, -0.15) is 0 Å². The second kappa shape index (κ2) is 12.3. The van der Waals surface area contributed by atoms with Gasteiger partial charge in [0.05, 0.1) is 28.5 Å². The van der Waals surface area contributed by atoms with E-state index in [4.69, 9.17) is 20.7 Å². The van der Waals surface area contributed by atoms with Crippen molar-refractivity contribution in [2.45, 2.75) is 0 Å². The Morgan fingerprint density at radius 3 is 1.81 bits per heavy atom. The third-order valence-corrected chi connectivity index (χ3v) is 8.57. The van der Waals surface area contributed by atoms with E-state index in [1.165, 1.54) is 0 Å². The van der Waals surface area contributed by atoms with E-state index in [1.54, 1.807) is 0 Å². The third-order valence-electron chi connectivity index (χ3n) is 8.57. The van der Waals surface area contributed by atoms with Crippen LogP contribution < -0.4 is 10.6 Å². The standard InChI is InChI=1S/C43H31N5/c1-29-35-23-11-12-25-39(35)48(40-26-14-24-36(41(29)40)45-42(44)32-19-9-4-10-20-32)34-22-13-21-33(27-34)43-46-37(30-15-5-2-6-16-30)28-38(47-43)31-17-7-3-8-18-31/h2-28H,1H2,(H2,44,45). The summed E-state index contributed by atoms with van der Waals surface area (Å²) >= 11 is 0. The Balaban J connectivity index is 1.28. The molecule has 0 amide bonds. The van der Waals surface area contributed by atoms with E-state index in [0.29, 0.717) is 11.7 Å². The highest BCUT2D eigenvalue weighted by atomic mass is 15.2. The lowest BCUT2D eigenvalue weighted by Crippen LogP contribution is -2.18. The monoisotopic (exact) mass is 617 g/mol. The molecule has 0 aliphatic carbocycles. The average Bonchev–Trinajstić information content (AvgIpc) is 3.16. The molecule has 6 aromatic carbocycles. The minimum Gasteiger partial charge on any atom is -0.383 e. The van der Waals surface area contributed by atoms with Crippen LogP contribution >= 0.6 is 0 Å². The summed E-state index contributed by atoms with van der Waals surface area (Å²) in [6.45, 7) is 4.55. The van der Waals surface area contributed by atoms with Crippen LogP contribution in [0.3, 0.4) is 0 Å². The number of benzene rings is 6. The van der Waals surface area contributed by atoms with Crippen molar-refractivity contribution in [3.63, 3.8) is 0 Å². The first kappa shape index (κ1) is 28.9. The zero-order chi connectivity index (χ0) is 32.5. The van der Waals surface area contributed by atoms with Crippen molar-refractivity contribution in [1.82, 2.24) is 9.97 Å². The molecule has 0 saturated carbocycles. The van der Waals surface area contributed by atoms with E-state index < -0.39 is 0 Å². The lowest BCUT2D eigenvalue weighted by atomic mass is 9.89. The molecule has 1 aliphatic heterocycles. The van der Waals surface area contributed by atoms with E-state index in [1.807, 2.05) is 84.9 Å². The predicted octanol–water partition coefficient (Wildman–Crippen LogP) is 10.4. The zero-order valence-corrected chi connectivity index (χ0v) is 26.2. The van der Waals surface area contributed by atoms with Crippen molar-refractivity contribution in [3.8, 4) is 33.9 Å². The number of anilines is 3. The van der Waals surface area contributed by atoms with Crippen LogP contribution in [0.4, 0.5) is 22.7 Å². The molecule has 7 aromatic rings. The van der Waals surface area contributed by atoms with Gasteiger partial charge in [-0.25, -0.2) is 15.0 Å². The zero-order valence-electron chi connectivity index (χ0n) is 26.2. The molecule has 1 aliphatic rings. The van der Waals surface area contributed by atoms with Crippen LogP contribution in [0.15, 0.2) is 175 Å². The second-order valence-electron chi connectivity index (χ2n) is 11.6. The molecule has 0 bridgehead atoms. The SMILES string of the molecule is C=C1c2ccccc2N(c2cccc(-c3nc(-c4ccccc4)cc(-c4ccccc4)n3)c2)c2cccc(N=C(N)c3ccccc3)c21. The fourth-order valence-corrected chi connectivity index (χ4v) is 6.26. The van der Waals surface area contributed by atoms with Crippen LogP contribution in [0.5, 0.6) is 0 Å². The maximum absolute atomic E-state index is 6.53. The first-order valence-electron chi connectivity index (χ1n) is 15.9. The normalized spacial score (nSPS) is 12.4. The Kier molecular flexibility index (Phi) is 7.40. The van der Waals surface area contributed by atoms with Crippen LogP contribution in [-0.4, -0.2) is 15.8 Å². The molecule has 5 heteroatoms. The molecule has 2 heterocycles. The first-order valence-corrected chi connectivity index (χ1v) is 15.9. The highest BCUT2D eigenvalue weighted by molar-refractivity contribution is 6.06. The molecule has 0 spiro atoms. The van der Waals surface area contributed by atoms with Crippen LogP contribution in [0.1, 0.15) is 16.7 Å². The van der Waals surface area contributed by atoms with Gasteiger partial charge >= 0.3 is 0 Å². The summed E-state index contributed by atoms with van der Waals surface area (Å²) in [6.07, 6.45) is 0. The maximum atomic E-state index is 6.53. The Morgan fingerprint density at radius 2 is 1.12 bits per heavy atom. The van der Waals surface area contributed by atoms with Crippen molar-refractivity contribution in [3.05, 3.63) is 187 Å². The number of rotatable bonds is 6.